The van der Waals surface area contributed by atoms with Crippen molar-refractivity contribution in [1.29, 1.82) is 0 Å². The minimum Gasteiger partial charge on any atom is -0.494 e. The van der Waals surface area contributed by atoms with Crippen molar-refractivity contribution in [1.82, 2.24) is 0 Å². The minimum absolute atomic E-state index is 0.361. The van der Waals surface area contributed by atoms with E-state index in [1.165, 1.54) is 27.7 Å². The fraction of sp³-hybridized carbons (Fsp3) is 0.448. The zero-order chi connectivity index (χ0) is 29.4. The van der Waals surface area contributed by atoms with Gasteiger partial charge < -0.3 is 28.4 Å². The molecule has 1 heterocycles. The molecule has 10 nitrogen and oxygen atoms in total. The van der Waals surface area contributed by atoms with Crippen molar-refractivity contribution in [3.05, 3.63) is 64.2 Å². The summed E-state index contributed by atoms with van der Waals surface area (Å²) < 4.78 is 33.4. The van der Waals surface area contributed by atoms with Crippen LogP contribution in [-0.4, -0.2) is 61.5 Å². The molecular formula is C29H33ClO10. The molecule has 216 valence electrons. The van der Waals surface area contributed by atoms with Gasteiger partial charge in [0.15, 0.2) is 18.3 Å². The summed E-state index contributed by atoms with van der Waals surface area (Å²) in [6.45, 7) is 6.91. The first-order chi connectivity index (χ1) is 19.0. The Morgan fingerprint density at radius 2 is 1.52 bits per heavy atom. The molecule has 0 spiro atoms. The first-order valence-corrected chi connectivity index (χ1v) is 13.2. The van der Waals surface area contributed by atoms with E-state index in [1.54, 1.807) is 12.1 Å². The monoisotopic (exact) mass is 576 g/mol. The Kier molecular flexibility index (Phi) is 10.9. The van der Waals surface area contributed by atoms with E-state index in [2.05, 4.69) is 0 Å². The van der Waals surface area contributed by atoms with Crippen molar-refractivity contribution in [3.8, 4) is 5.75 Å². The number of carbonyl (C=O) groups is 4. The van der Waals surface area contributed by atoms with E-state index in [4.69, 9.17) is 40.0 Å². The van der Waals surface area contributed by atoms with Crippen molar-refractivity contribution in [3.63, 3.8) is 0 Å². The lowest BCUT2D eigenvalue weighted by molar-refractivity contribution is -0.176. The molecule has 0 aliphatic carbocycles. The standard InChI is InChI=1S/C29H33ClO10/c1-6-35-23-10-7-20(8-11-23)13-22-14-21(9-12-24(22)30)26-28(38-18(4)33)29(39-19(5)34)27(40-26)25(37-17(3)32)15-36-16(2)31/h7-12,14,25-29H,6,13,15H2,1-5H3/t25-,26?,27-,28+,29+/m1/s1. The molecule has 0 aromatic heterocycles. The summed E-state index contributed by atoms with van der Waals surface area (Å²) in [6.07, 6.45) is -4.97. The second-order valence-electron chi connectivity index (χ2n) is 9.22. The predicted molar refractivity (Wildman–Crippen MR) is 143 cm³/mol. The maximum Gasteiger partial charge on any atom is 0.303 e. The van der Waals surface area contributed by atoms with Gasteiger partial charge >= 0.3 is 23.9 Å². The number of carbonyl (C=O) groups excluding carboxylic acids is 4. The third-order valence-electron chi connectivity index (χ3n) is 6.02. The second kappa shape index (κ2) is 14.1. The number of rotatable bonds is 11. The van der Waals surface area contributed by atoms with Gasteiger partial charge in [-0.15, -0.1) is 0 Å². The molecule has 1 fully saturated rings. The van der Waals surface area contributed by atoms with E-state index >= 15 is 0 Å². The van der Waals surface area contributed by atoms with Gasteiger partial charge in [-0.2, -0.15) is 0 Å². The zero-order valence-corrected chi connectivity index (χ0v) is 23.8. The molecule has 40 heavy (non-hydrogen) atoms. The maximum absolute atomic E-state index is 12.1. The molecule has 0 amide bonds. The molecule has 2 aromatic carbocycles. The number of esters is 4. The Morgan fingerprint density at radius 3 is 2.10 bits per heavy atom. The summed E-state index contributed by atoms with van der Waals surface area (Å²) in [6, 6.07) is 12.9. The first kappa shape index (κ1) is 30.9. The van der Waals surface area contributed by atoms with Crippen molar-refractivity contribution in [2.75, 3.05) is 13.2 Å². The van der Waals surface area contributed by atoms with Crippen LogP contribution in [0.4, 0.5) is 0 Å². The molecule has 0 saturated carbocycles. The summed E-state index contributed by atoms with van der Waals surface area (Å²) in [5, 5.41) is 0.514. The summed E-state index contributed by atoms with van der Waals surface area (Å²) in [4.78, 5) is 47.5. The third-order valence-corrected chi connectivity index (χ3v) is 6.38. The normalized spacial score (nSPS) is 20.8. The molecule has 1 aliphatic heterocycles. The van der Waals surface area contributed by atoms with Gasteiger partial charge in [0.2, 0.25) is 0 Å². The number of benzene rings is 2. The quantitative estimate of drug-likeness (QED) is 0.285. The van der Waals surface area contributed by atoms with Gasteiger partial charge in [-0.1, -0.05) is 35.9 Å². The average molecular weight is 577 g/mol. The fourth-order valence-corrected chi connectivity index (χ4v) is 4.69. The van der Waals surface area contributed by atoms with Crippen LogP contribution in [-0.2, 0) is 49.3 Å². The molecule has 0 bridgehead atoms. The lowest BCUT2D eigenvalue weighted by Gasteiger charge is -2.27. The lowest BCUT2D eigenvalue weighted by atomic mass is 9.96. The van der Waals surface area contributed by atoms with Gasteiger partial charge in [0.1, 0.15) is 24.6 Å². The van der Waals surface area contributed by atoms with E-state index in [0.29, 0.717) is 23.6 Å². The molecular weight excluding hydrogens is 544 g/mol. The van der Waals surface area contributed by atoms with Crippen LogP contribution in [0.2, 0.25) is 5.02 Å². The van der Waals surface area contributed by atoms with E-state index in [-0.39, 0.29) is 6.61 Å². The minimum atomic E-state index is -1.17. The number of hydrogen-bond acceptors (Lipinski definition) is 10. The maximum atomic E-state index is 12.1. The number of hydrogen-bond donors (Lipinski definition) is 0. The van der Waals surface area contributed by atoms with Crippen LogP contribution >= 0.6 is 11.6 Å². The highest BCUT2D eigenvalue weighted by Crippen LogP contribution is 2.40. The Balaban J connectivity index is 1.99. The van der Waals surface area contributed by atoms with Crippen LogP contribution in [0.5, 0.6) is 5.75 Å². The SMILES string of the molecule is CCOc1ccc(Cc2cc(C3O[C@H]([C@@H](COC(C)=O)OC(C)=O)[C@H](OC(C)=O)[C@H]3OC(C)=O)ccc2Cl)cc1. The molecule has 5 atom stereocenters. The Morgan fingerprint density at radius 1 is 0.875 bits per heavy atom. The lowest BCUT2D eigenvalue weighted by Crippen LogP contribution is -2.46. The van der Waals surface area contributed by atoms with Crippen molar-refractivity contribution < 1.29 is 47.6 Å². The molecule has 1 aliphatic rings. The van der Waals surface area contributed by atoms with Crippen LogP contribution < -0.4 is 4.74 Å². The van der Waals surface area contributed by atoms with Crippen LogP contribution in [0.3, 0.4) is 0 Å². The van der Waals surface area contributed by atoms with E-state index in [9.17, 15) is 19.2 Å². The predicted octanol–water partition coefficient (Wildman–Crippen LogP) is 4.13. The van der Waals surface area contributed by atoms with Crippen molar-refractivity contribution in [2.45, 2.75) is 71.6 Å². The Labute approximate surface area is 237 Å². The molecule has 0 radical (unpaired) electrons. The second-order valence-corrected chi connectivity index (χ2v) is 9.63. The van der Waals surface area contributed by atoms with Crippen molar-refractivity contribution >= 4 is 35.5 Å². The van der Waals surface area contributed by atoms with Crippen LogP contribution in [0, 0.1) is 0 Å². The summed E-state index contributed by atoms with van der Waals surface area (Å²) in [7, 11) is 0. The topological polar surface area (TPSA) is 124 Å². The average Bonchev–Trinajstić information content (AvgIpc) is 3.20. The zero-order valence-electron chi connectivity index (χ0n) is 23.0. The van der Waals surface area contributed by atoms with Crippen LogP contribution in [0.1, 0.15) is 57.4 Å². The summed E-state index contributed by atoms with van der Waals surface area (Å²) >= 11 is 6.53. The molecule has 0 N–H and O–H groups in total. The first-order valence-electron chi connectivity index (χ1n) is 12.8. The van der Waals surface area contributed by atoms with E-state index < -0.39 is 54.4 Å². The Hall–Kier alpha value is -3.63. The highest BCUT2D eigenvalue weighted by molar-refractivity contribution is 6.31. The number of ether oxygens (including phenoxy) is 6. The van der Waals surface area contributed by atoms with E-state index in [1.807, 2.05) is 37.3 Å². The van der Waals surface area contributed by atoms with Crippen molar-refractivity contribution in [2.24, 2.45) is 0 Å². The molecule has 1 unspecified atom stereocenters. The van der Waals surface area contributed by atoms with Gasteiger partial charge in [0.25, 0.3) is 0 Å². The van der Waals surface area contributed by atoms with Gasteiger partial charge in [-0.05, 0) is 48.2 Å². The van der Waals surface area contributed by atoms with Crippen LogP contribution in [0.25, 0.3) is 0 Å². The third kappa shape index (κ3) is 8.43. The van der Waals surface area contributed by atoms with Gasteiger partial charge in [-0.25, -0.2) is 0 Å². The van der Waals surface area contributed by atoms with Gasteiger partial charge in [-0.3, -0.25) is 19.2 Å². The Bertz CT molecular complexity index is 1210. The molecule has 11 heteroatoms. The number of halogens is 1. The van der Waals surface area contributed by atoms with E-state index in [0.717, 1.165) is 16.9 Å². The molecule has 2 aromatic rings. The molecule has 3 rings (SSSR count). The largest absolute Gasteiger partial charge is 0.494 e. The molecule has 1 saturated heterocycles. The van der Waals surface area contributed by atoms with Crippen LogP contribution in [0.15, 0.2) is 42.5 Å². The highest BCUT2D eigenvalue weighted by atomic mass is 35.5. The van der Waals surface area contributed by atoms with Gasteiger partial charge in [0, 0.05) is 32.7 Å². The van der Waals surface area contributed by atoms with Gasteiger partial charge in [0.05, 0.1) is 6.61 Å². The summed E-state index contributed by atoms with van der Waals surface area (Å²) in [5.74, 6) is -1.82. The summed E-state index contributed by atoms with van der Waals surface area (Å²) in [5.41, 5.74) is 2.35. The fourth-order valence-electron chi connectivity index (χ4n) is 4.50. The highest BCUT2D eigenvalue weighted by Gasteiger charge is 2.53. The smallest absolute Gasteiger partial charge is 0.303 e.